The summed E-state index contributed by atoms with van der Waals surface area (Å²) in [7, 11) is 1.50. The molecule has 2 aromatic rings. The zero-order valence-electron chi connectivity index (χ0n) is 14.8. The zero-order valence-corrected chi connectivity index (χ0v) is 14.8. The Hall–Kier alpha value is -3.27. The summed E-state index contributed by atoms with van der Waals surface area (Å²) in [5.41, 5.74) is 1.27. The number of ketones is 1. The van der Waals surface area contributed by atoms with Crippen molar-refractivity contribution in [3.63, 3.8) is 0 Å². The van der Waals surface area contributed by atoms with Crippen LogP contribution in [-0.2, 0) is 0 Å². The van der Waals surface area contributed by atoms with Crippen LogP contribution >= 0.6 is 0 Å². The molecular weight excluding hydrogens is 328 g/mol. The molecule has 0 atom stereocenters. The first-order chi connectivity index (χ1) is 12.7. The molecule has 0 fully saturated rings. The Kier molecular flexibility index (Phi) is 7.25. The maximum Gasteiger partial charge on any atom is 0.193 e. The van der Waals surface area contributed by atoms with Gasteiger partial charge in [0.15, 0.2) is 5.78 Å². The van der Waals surface area contributed by atoms with Crippen molar-refractivity contribution in [2.45, 2.75) is 0 Å². The quantitative estimate of drug-likeness (QED) is 0.353. The summed E-state index contributed by atoms with van der Waals surface area (Å²) >= 11 is 0. The maximum atomic E-state index is 12.8. The molecule has 0 heterocycles. The molecule has 2 rings (SSSR count). The van der Waals surface area contributed by atoms with Crippen molar-refractivity contribution < 1.29 is 19.0 Å². The van der Waals surface area contributed by atoms with Gasteiger partial charge in [-0.2, -0.15) is 0 Å². The lowest BCUT2D eigenvalue weighted by atomic mass is 10.1. The lowest BCUT2D eigenvalue weighted by Crippen LogP contribution is -2.06. The van der Waals surface area contributed by atoms with Crippen LogP contribution in [0.1, 0.15) is 15.9 Å². The number of benzene rings is 2. The molecule has 134 valence electrons. The normalized spacial score (nSPS) is 10.3. The highest BCUT2D eigenvalue weighted by Crippen LogP contribution is 2.35. The van der Waals surface area contributed by atoms with E-state index < -0.39 is 0 Å². The van der Waals surface area contributed by atoms with Gasteiger partial charge >= 0.3 is 0 Å². The molecule has 0 bridgehead atoms. The Balaban J connectivity index is 2.39. The van der Waals surface area contributed by atoms with Crippen LogP contribution in [0, 0.1) is 0 Å². The SMILES string of the molecule is C=CCOc1cc(OC)c(C(=O)/C=C/c2ccccc2)c(OCC=C)c1. The molecule has 0 radical (unpaired) electrons. The molecule has 0 aliphatic carbocycles. The van der Waals surface area contributed by atoms with Crippen molar-refractivity contribution in [3.05, 3.63) is 85.0 Å². The minimum absolute atomic E-state index is 0.222. The molecule has 0 N–H and O–H groups in total. The van der Waals surface area contributed by atoms with Gasteiger partial charge < -0.3 is 14.2 Å². The largest absolute Gasteiger partial charge is 0.496 e. The van der Waals surface area contributed by atoms with E-state index in [9.17, 15) is 4.79 Å². The third-order valence-corrected chi connectivity index (χ3v) is 3.46. The van der Waals surface area contributed by atoms with Gasteiger partial charge in [-0.25, -0.2) is 0 Å². The first-order valence-electron chi connectivity index (χ1n) is 8.16. The summed E-state index contributed by atoms with van der Waals surface area (Å²) in [5.74, 6) is 1.07. The van der Waals surface area contributed by atoms with Crippen LogP contribution in [-0.4, -0.2) is 26.1 Å². The molecule has 4 heteroatoms. The number of hydrogen-bond acceptors (Lipinski definition) is 4. The van der Waals surface area contributed by atoms with Gasteiger partial charge in [-0.3, -0.25) is 4.79 Å². The summed E-state index contributed by atoms with van der Waals surface area (Å²) in [6, 6.07) is 12.9. The van der Waals surface area contributed by atoms with E-state index in [1.807, 2.05) is 30.3 Å². The minimum atomic E-state index is -0.222. The van der Waals surface area contributed by atoms with Gasteiger partial charge in [-0.1, -0.05) is 61.7 Å². The first kappa shape index (κ1) is 19.1. The van der Waals surface area contributed by atoms with Gasteiger partial charge in [-0.15, -0.1) is 0 Å². The third kappa shape index (κ3) is 5.11. The van der Waals surface area contributed by atoms with Crippen LogP contribution in [0.3, 0.4) is 0 Å². The molecule has 4 nitrogen and oxygen atoms in total. The molecule has 0 saturated carbocycles. The zero-order chi connectivity index (χ0) is 18.8. The van der Waals surface area contributed by atoms with Gasteiger partial charge in [0, 0.05) is 12.1 Å². The summed E-state index contributed by atoms with van der Waals surface area (Å²) in [5, 5.41) is 0. The maximum absolute atomic E-state index is 12.8. The van der Waals surface area contributed by atoms with Crippen molar-refractivity contribution in [2.24, 2.45) is 0 Å². The van der Waals surface area contributed by atoms with Crippen LogP contribution in [0.4, 0.5) is 0 Å². The van der Waals surface area contributed by atoms with Crippen molar-refractivity contribution in [1.29, 1.82) is 0 Å². The van der Waals surface area contributed by atoms with Crippen LogP contribution in [0.5, 0.6) is 17.2 Å². The highest BCUT2D eigenvalue weighted by atomic mass is 16.5. The number of carbonyl (C=O) groups is 1. The predicted molar refractivity (Wildman–Crippen MR) is 104 cm³/mol. The average molecular weight is 350 g/mol. The molecular formula is C22H22O4. The number of ether oxygens (including phenoxy) is 3. The van der Waals surface area contributed by atoms with Gasteiger partial charge in [0.1, 0.15) is 36.0 Å². The first-order valence-corrected chi connectivity index (χ1v) is 8.16. The predicted octanol–water partition coefficient (Wildman–Crippen LogP) is 4.72. The fourth-order valence-electron chi connectivity index (χ4n) is 2.29. The molecule has 0 aliphatic heterocycles. The number of rotatable bonds is 10. The van der Waals surface area contributed by atoms with Gasteiger partial charge in [-0.05, 0) is 11.6 Å². The van der Waals surface area contributed by atoms with Gasteiger partial charge in [0.2, 0.25) is 0 Å². The van der Waals surface area contributed by atoms with Crippen LogP contribution in [0.15, 0.2) is 73.9 Å². The lowest BCUT2D eigenvalue weighted by Gasteiger charge is -2.15. The van der Waals surface area contributed by atoms with Gasteiger partial charge in [0.05, 0.1) is 7.11 Å². The van der Waals surface area contributed by atoms with Crippen molar-refractivity contribution in [1.82, 2.24) is 0 Å². The van der Waals surface area contributed by atoms with E-state index in [0.717, 1.165) is 5.56 Å². The fourth-order valence-corrected chi connectivity index (χ4v) is 2.29. The van der Waals surface area contributed by atoms with E-state index in [-0.39, 0.29) is 12.4 Å². The van der Waals surface area contributed by atoms with E-state index in [4.69, 9.17) is 14.2 Å². The summed E-state index contributed by atoms with van der Waals surface area (Å²) in [6.45, 7) is 7.87. The lowest BCUT2D eigenvalue weighted by molar-refractivity contribution is 0.104. The third-order valence-electron chi connectivity index (χ3n) is 3.46. The minimum Gasteiger partial charge on any atom is -0.496 e. The van der Waals surface area contributed by atoms with Crippen LogP contribution < -0.4 is 14.2 Å². The molecule has 0 saturated heterocycles. The Morgan fingerprint density at radius 3 is 2.31 bits per heavy atom. The summed E-state index contributed by atoms with van der Waals surface area (Å²) in [4.78, 5) is 12.8. The smallest absolute Gasteiger partial charge is 0.193 e. The molecule has 26 heavy (non-hydrogen) atoms. The summed E-state index contributed by atoms with van der Waals surface area (Å²) < 4.78 is 16.6. The molecule has 0 spiro atoms. The number of hydrogen-bond donors (Lipinski definition) is 0. The van der Waals surface area contributed by atoms with Crippen LogP contribution in [0.25, 0.3) is 6.08 Å². The van der Waals surface area contributed by atoms with E-state index in [1.165, 1.54) is 13.2 Å². The highest BCUT2D eigenvalue weighted by molar-refractivity contribution is 6.10. The Bertz CT molecular complexity index is 791. The Labute approximate surface area is 154 Å². The number of methoxy groups -OCH3 is 1. The van der Waals surface area contributed by atoms with Crippen molar-refractivity contribution >= 4 is 11.9 Å². The number of allylic oxidation sites excluding steroid dienone is 1. The highest BCUT2D eigenvalue weighted by Gasteiger charge is 2.19. The molecule has 0 amide bonds. The van der Waals surface area contributed by atoms with Crippen molar-refractivity contribution in [3.8, 4) is 17.2 Å². The monoisotopic (exact) mass is 350 g/mol. The fraction of sp³-hybridized carbons (Fsp3) is 0.136. The number of carbonyl (C=O) groups excluding carboxylic acids is 1. The average Bonchev–Trinajstić information content (AvgIpc) is 2.69. The van der Waals surface area contributed by atoms with Gasteiger partial charge in [0.25, 0.3) is 0 Å². The molecule has 0 aliphatic rings. The van der Waals surface area contributed by atoms with Crippen LogP contribution in [0.2, 0.25) is 0 Å². The second-order valence-electron chi connectivity index (χ2n) is 5.31. The van der Waals surface area contributed by atoms with E-state index in [1.54, 1.807) is 30.4 Å². The molecule has 0 unspecified atom stereocenters. The second kappa shape index (κ2) is 9.89. The standard InChI is InChI=1S/C22H22O4/c1-4-13-25-18-15-20(24-3)22(21(16-18)26-14-5-2)19(23)12-11-17-9-7-6-8-10-17/h4-12,15-16H,1-2,13-14H2,3H3/b12-11+. The van der Waals surface area contributed by atoms with E-state index in [0.29, 0.717) is 29.4 Å². The Morgan fingerprint density at radius 1 is 1.00 bits per heavy atom. The Morgan fingerprint density at radius 2 is 1.65 bits per heavy atom. The topological polar surface area (TPSA) is 44.8 Å². The van der Waals surface area contributed by atoms with E-state index >= 15 is 0 Å². The molecule has 2 aromatic carbocycles. The van der Waals surface area contributed by atoms with Crippen molar-refractivity contribution in [2.75, 3.05) is 20.3 Å². The second-order valence-corrected chi connectivity index (χ2v) is 5.31. The summed E-state index contributed by atoms with van der Waals surface area (Å²) in [6.07, 6.45) is 6.50. The van der Waals surface area contributed by atoms with E-state index in [2.05, 4.69) is 13.2 Å². The molecule has 0 aromatic heterocycles.